The number of carbonyl (C=O) groups excluding carboxylic acids is 1. The maximum atomic E-state index is 11.8. The predicted octanol–water partition coefficient (Wildman–Crippen LogP) is 2.48. The number of aryl methyl sites for hydroxylation is 2. The van der Waals surface area contributed by atoms with Gasteiger partial charge in [0.2, 0.25) is 5.91 Å². The molecule has 0 saturated carbocycles. The number of imidazole rings is 1. The van der Waals surface area contributed by atoms with Crippen molar-refractivity contribution in [2.24, 2.45) is 0 Å². The maximum Gasteiger partial charge on any atom is 0.220 e. The molecular formula is C16H17N3O2. The largest absolute Gasteiger partial charge is 0.465 e. The van der Waals surface area contributed by atoms with Gasteiger partial charge in [0.25, 0.3) is 0 Å². The Morgan fingerprint density at radius 2 is 2.24 bits per heavy atom. The van der Waals surface area contributed by atoms with Crippen molar-refractivity contribution in [1.82, 2.24) is 14.7 Å². The van der Waals surface area contributed by atoms with E-state index in [1.165, 1.54) is 0 Å². The number of carbonyl (C=O) groups is 1. The molecule has 0 aliphatic rings. The second-order valence-corrected chi connectivity index (χ2v) is 4.99. The van der Waals surface area contributed by atoms with Gasteiger partial charge in [0.1, 0.15) is 17.2 Å². The minimum Gasteiger partial charge on any atom is -0.465 e. The lowest BCUT2D eigenvalue weighted by Crippen LogP contribution is -2.22. The van der Waals surface area contributed by atoms with E-state index >= 15 is 0 Å². The molecule has 0 atom stereocenters. The lowest BCUT2D eigenvalue weighted by Gasteiger charge is -2.02. The zero-order valence-electron chi connectivity index (χ0n) is 11.9. The van der Waals surface area contributed by atoms with Crippen LogP contribution in [0, 0.1) is 6.92 Å². The summed E-state index contributed by atoms with van der Waals surface area (Å²) in [6.07, 6.45) is 4.96. The fraction of sp³-hybridized carbons (Fsp3) is 0.250. The Kier molecular flexibility index (Phi) is 3.73. The van der Waals surface area contributed by atoms with E-state index in [1.807, 2.05) is 54.0 Å². The van der Waals surface area contributed by atoms with E-state index in [2.05, 4.69) is 10.3 Å². The van der Waals surface area contributed by atoms with Gasteiger partial charge >= 0.3 is 0 Å². The number of hydrogen-bond donors (Lipinski definition) is 1. The van der Waals surface area contributed by atoms with Crippen molar-refractivity contribution >= 4 is 11.6 Å². The molecular weight excluding hydrogens is 266 g/mol. The highest BCUT2D eigenvalue weighted by molar-refractivity contribution is 5.76. The second kappa shape index (κ2) is 5.83. The van der Waals surface area contributed by atoms with E-state index in [0.717, 1.165) is 22.9 Å². The molecule has 0 saturated heterocycles. The summed E-state index contributed by atoms with van der Waals surface area (Å²) in [5.74, 6) is 1.62. The van der Waals surface area contributed by atoms with Crippen LogP contribution in [0.15, 0.2) is 47.1 Å². The SMILES string of the molecule is Cc1ccc(CNC(=O)CCc2cn3ccccc3n2)o1. The molecule has 0 aliphatic heterocycles. The molecule has 3 heterocycles. The van der Waals surface area contributed by atoms with Crippen LogP contribution in [0.2, 0.25) is 0 Å². The Hall–Kier alpha value is -2.56. The summed E-state index contributed by atoms with van der Waals surface area (Å²) in [6.45, 7) is 2.31. The normalized spacial score (nSPS) is 10.9. The molecule has 0 radical (unpaired) electrons. The molecule has 1 N–H and O–H groups in total. The Morgan fingerprint density at radius 3 is 3.00 bits per heavy atom. The van der Waals surface area contributed by atoms with Crippen molar-refractivity contribution in [1.29, 1.82) is 0 Å². The van der Waals surface area contributed by atoms with Crippen LogP contribution in [0.3, 0.4) is 0 Å². The molecule has 0 fully saturated rings. The molecule has 1 amide bonds. The minimum atomic E-state index is 0.00103. The van der Waals surface area contributed by atoms with Crippen molar-refractivity contribution in [3.8, 4) is 0 Å². The summed E-state index contributed by atoms with van der Waals surface area (Å²) in [7, 11) is 0. The van der Waals surface area contributed by atoms with Gasteiger partial charge in [-0.15, -0.1) is 0 Å². The average Bonchev–Trinajstić information content (AvgIpc) is 3.08. The van der Waals surface area contributed by atoms with Crippen molar-refractivity contribution in [3.63, 3.8) is 0 Å². The first-order valence-electron chi connectivity index (χ1n) is 6.95. The first kappa shape index (κ1) is 13.4. The molecule has 3 aromatic heterocycles. The monoisotopic (exact) mass is 283 g/mol. The lowest BCUT2D eigenvalue weighted by molar-refractivity contribution is -0.121. The molecule has 0 spiro atoms. The van der Waals surface area contributed by atoms with E-state index in [9.17, 15) is 4.79 Å². The van der Waals surface area contributed by atoms with Crippen molar-refractivity contribution in [3.05, 3.63) is 59.9 Å². The number of fused-ring (bicyclic) bond motifs is 1. The number of nitrogens with one attached hydrogen (secondary N) is 1. The predicted molar refractivity (Wildman–Crippen MR) is 78.8 cm³/mol. The van der Waals surface area contributed by atoms with E-state index in [1.54, 1.807) is 0 Å². The fourth-order valence-electron chi connectivity index (χ4n) is 2.20. The first-order valence-corrected chi connectivity index (χ1v) is 6.95. The van der Waals surface area contributed by atoms with Crippen LogP contribution in [0.1, 0.15) is 23.6 Å². The van der Waals surface area contributed by atoms with E-state index < -0.39 is 0 Å². The molecule has 5 heteroatoms. The molecule has 21 heavy (non-hydrogen) atoms. The van der Waals surface area contributed by atoms with Crippen LogP contribution < -0.4 is 5.32 Å². The highest BCUT2D eigenvalue weighted by atomic mass is 16.3. The summed E-state index contributed by atoms with van der Waals surface area (Å²) in [5.41, 5.74) is 1.82. The van der Waals surface area contributed by atoms with Gasteiger partial charge in [0.15, 0.2) is 0 Å². The van der Waals surface area contributed by atoms with Crippen LogP contribution >= 0.6 is 0 Å². The highest BCUT2D eigenvalue weighted by Gasteiger charge is 2.06. The summed E-state index contributed by atoms with van der Waals surface area (Å²) in [4.78, 5) is 16.3. The number of furan rings is 1. The summed E-state index contributed by atoms with van der Waals surface area (Å²) in [5, 5.41) is 2.85. The first-order chi connectivity index (χ1) is 10.2. The third-order valence-electron chi connectivity index (χ3n) is 3.28. The zero-order chi connectivity index (χ0) is 14.7. The quantitative estimate of drug-likeness (QED) is 0.782. The van der Waals surface area contributed by atoms with E-state index in [-0.39, 0.29) is 5.91 Å². The maximum absolute atomic E-state index is 11.8. The summed E-state index contributed by atoms with van der Waals surface area (Å²) >= 11 is 0. The number of rotatable bonds is 5. The van der Waals surface area contributed by atoms with Gasteiger partial charge in [-0.3, -0.25) is 4.79 Å². The molecule has 0 unspecified atom stereocenters. The molecule has 3 aromatic rings. The van der Waals surface area contributed by atoms with Gasteiger partial charge in [0.05, 0.1) is 12.2 Å². The van der Waals surface area contributed by atoms with Crippen molar-refractivity contribution < 1.29 is 9.21 Å². The lowest BCUT2D eigenvalue weighted by atomic mass is 10.2. The Labute approximate surface area is 122 Å². The number of aromatic nitrogens is 2. The standard InChI is InChI=1S/C16H17N3O2/c1-12-5-7-14(21-12)10-17-16(20)8-6-13-11-19-9-3-2-4-15(19)18-13/h2-5,7,9,11H,6,8,10H2,1H3,(H,17,20). The Morgan fingerprint density at radius 1 is 1.33 bits per heavy atom. The number of nitrogens with zero attached hydrogens (tertiary/aromatic N) is 2. The molecule has 0 aromatic carbocycles. The molecule has 0 bridgehead atoms. The van der Waals surface area contributed by atoms with E-state index in [4.69, 9.17) is 4.42 Å². The number of hydrogen-bond acceptors (Lipinski definition) is 3. The van der Waals surface area contributed by atoms with Crippen molar-refractivity contribution in [2.75, 3.05) is 0 Å². The molecule has 3 rings (SSSR count). The smallest absolute Gasteiger partial charge is 0.220 e. The van der Waals surface area contributed by atoms with Crippen LogP contribution in [0.25, 0.3) is 5.65 Å². The number of pyridine rings is 1. The average molecular weight is 283 g/mol. The van der Waals surface area contributed by atoms with Gasteiger partial charge in [-0.25, -0.2) is 4.98 Å². The zero-order valence-corrected chi connectivity index (χ0v) is 11.9. The van der Waals surface area contributed by atoms with Crippen LogP contribution in [-0.2, 0) is 17.8 Å². The fourth-order valence-corrected chi connectivity index (χ4v) is 2.20. The molecule has 108 valence electrons. The summed E-state index contributed by atoms with van der Waals surface area (Å²) in [6, 6.07) is 9.61. The molecule has 0 aliphatic carbocycles. The van der Waals surface area contributed by atoms with Gasteiger partial charge in [-0.1, -0.05) is 6.07 Å². The van der Waals surface area contributed by atoms with Gasteiger partial charge in [0, 0.05) is 18.8 Å². The van der Waals surface area contributed by atoms with Gasteiger partial charge < -0.3 is 14.1 Å². The van der Waals surface area contributed by atoms with Crippen LogP contribution in [-0.4, -0.2) is 15.3 Å². The topological polar surface area (TPSA) is 59.5 Å². The Balaban J connectivity index is 1.51. The third kappa shape index (κ3) is 3.31. The molecule has 5 nitrogen and oxygen atoms in total. The van der Waals surface area contributed by atoms with E-state index in [0.29, 0.717) is 19.4 Å². The highest BCUT2D eigenvalue weighted by Crippen LogP contribution is 2.08. The Bertz CT molecular complexity index is 725. The van der Waals surface area contributed by atoms with Crippen LogP contribution in [0.4, 0.5) is 0 Å². The van der Waals surface area contributed by atoms with Crippen LogP contribution in [0.5, 0.6) is 0 Å². The second-order valence-electron chi connectivity index (χ2n) is 4.99. The van der Waals surface area contributed by atoms with Gasteiger partial charge in [-0.05, 0) is 37.6 Å². The summed E-state index contributed by atoms with van der Waals surface area (Å²) < 4.78 is 7.36. The number of amides is 1. The minimum absolute atomic E-state index is 0.00103. The van der Waals surface area contributed by atoms with Gasteiger partial charge in [-0.2, -0.15) is 0 Å². The third-order valence-corrected chi connectivity index (χ3v) is 3.28. The van der Waals surface area contributed by atoms with Crippen molar-refractivity contribution in [2.45, 2.75) is 26.3 Å².